The Morgan fingerprint density at radius 2 is 2.22 bits per heavy atom. The molecule has 0 amide bonds. The lowest BCUT2D eigenvalue weighted by Gasteiger charge is -2.35. The minimum atomic E-state index is 0.383. The first-order valence-corrected chi connectivity index (χ1v) is 7.62. The number of hydrogen-bond acceptors (Lipinski definition) is 1. The normalized spacial score (nSPS) is 28.8. The van der Waals surface area contributed by atoms with Crippen molar-refractivity contribution in [1.82, 2.24) is 9.78 Å². The molecular formula is C15H25ClN2. The van der Waals surface area contributed by atoms with Gasteiger partial charge in [-0.1, -0.05) is 13.8 Å². The highest BCUT2D eigenvalue weighted by molar-refractivity contribution is 6.20. The summed E-state index contributed by atoms with van der Waals surface area (Å²) in [4.78, 5) is 0. The average molecular weight is 269 g/mol. The van der Waals surface area contributed by atoms with Crippen LogP contribution in [0.25, 0.3) is 0 Å². The van der Waals surface area contributed by atoms with Crippen LogP contribution in [0.1, 0.15) is 45.2 Å². The van der Waals surface area contributed by atoms with Crippen molar-refractivity contribution in [1.29, 1.82) is 0 Å². The maximum Gasteiger partial charge on any atom is 0.0492 e. The fourth-order valence-electron chi connectivity index (χ4n) is 3.15. The number of aromatic nitrogens is 2. The molecule has 3 heteroatoms. The van der Waals surface area contributed by atoms with Gasteiger partial charge in [-0.05, 0) is 55.9 Å². The van der Waals surface area contributed by atoms with E-state index in [1.807, 2.05) is 17.9 Å². The van der Waals surface area contributed by atoms with Crippen molar-refractivity contribution in [2.75, 3.05) is 0 Å². The number of nitrogens with zero attached hydrogens (tertiary/aromatic N) is 2. The molecular weight excluding hydrogens is 244 g/mol. The van der Waals surface area contributed by atoms with Crippen LogP contribution in [0.5, 0.6) is 0 Å². The van der Waals surface area contributed by atoms with Crippen molar-refractivity contribution < 1.29 is 0 Å². The molecule has 0 N–H and O–H groups in total. The Morgan fingerprint density at radius 3 is 2.83 bits per heavy atom. The summed E-state index contributed by atoms with van der Waals surface area (Å²) in [5.74, 6) is 2.35. The van der Waals surface area contributed by atoms with Crippen LogP contribution < -0.4 is 0 Å². The maximum atomic E-state index is 6.51. The predicted molar refractivity (Wildman–Crippen MR) is 76.8 cm³/mol. The van der Waals surface area contributed by atoms with E-state index in [1.165, 1.54) is 31.4 Å². The summed E-state index contributed by atoms with van der Waals surface area (Å²) >= 11 is 6.51. The minimum Gasteiger partial charge on any atom is -0.273 e. The number of rotatable bonds is 4. The van der Waals surface area contributed by atoms with Crippen molar-refractivity contribution in [3.05, 3.63) is 18.0 Å². The topological polar surface area (TPSA) is 17.8 Å². The Hall–Kier alpha value is -0.500. The van der Waals surface area contributed by atoms with Crippen LogP contribution in [0.3, 0.4) is 0 Å². The van der Waals surface area contributed by atoms with Crippen molar-refractivity contribution in [2.45, 2.75) is 51.3 Å². The Kier molecular flexibility index (Phi) is 4.71. The van der Waals surface area contributed by atoms with Gasteiger partial charge in [0.1, 0.15) is 0 Å². The van der Waals surface area contributed by atoms with Gasteiger partial charge in [0.25, 0.3) is 0 Å². The quantitative estimate of drug-likeness (QED) is 0.754. The van der Waals surface area contributed by atoms with Gasteiger partial charge in [0.05, 0.1) is 0 Å². The zero-order valence-corrected chi connectivity index (χ0v) is 12.5. The van der Waals surface area contributed by atoms with E-state index < -0.39 is 0 Å². The molecule has 1 heterocycles. The number of alkyl halides is 1. The van der Waals surface area contributed by atoms with Crippen LogP contribution in [0.2, 0.25) is 0 Å². The third-order valence-corrected chi connectivity index (χ3v) is 5.14. The van der Waals surface area contributed by atoms with Crippen LogP contribution in [-0.4, -0.2) is 15.2 Å². The minimum absolute atomic E-state index is 0.383. The molecule has 3 atom stereocenters. The van der Waals surface area contributed by atoms with Gasteiger partial charge in [-0.3, -0.25) is 4.68 Å². The van der Waals surface area contributed by atoms with Crippen molar-refractivity contribution in [3.63, 3.8) is 0 Å². The van der Waals surface area contributed by atoms with E-state index in [0.717, 1.165) is 18.3 Å². The zero-order valence-electron chi connectivity index (χ0n) is 11.8. The van der Waals surface area contributed by atoms with Crippen molar-refractivity contribution in [2.24, 2.45) is 24.8 Å². The molecule has 0 spiro atoms. The highest BCUT2D eigenvalue weighted by atomic mass is 35.5. The van der Waals surface area contributed by atoms with Gasteiger partial charge in [0.2, 0.25) is 0 Å². The van der Waals surface area contributed by atoms with Gasteiger partial charge in [-0.2, -0.15) is 5.10 Å². The van der Waals surface area contributed by atoms with E-state index in [1.54, 1.807) is 0 Å². The number of hydrogen-bond donors (Lipinski definition) is 0. The molecule has 0 bridgehead atoms. The third-order valence-electron chi connectivity index (χ3n) is 4.57. The first kappa shape index (κ1) is 13.9. The van der Waals surface area contributed by atoms with Crippen LogP contribution >= 0.6 is 11.6 Å². The molecule has 0 aliphatic heterocycles. The first-order chi connectivity index (χ1) is 8.58. The molecule has 1 aliphatic carbocycles. The summed E-state index contributed by atoms with van der Waals surface area (Å²) in [6.45, 7) is 4.69. The number of halogens is 1. The lowest BCUT2D eigenvalue weighted by Crippen LogP contribution is -2.28. The average Bonchev–Trinajstić information content (AvgIpc) is 2.73. The summed E-state index contributed by atoms with van der Waals surface area (Å²) in [5, 5.41) is 4.61. The summed E-state index contributed by atoms with van der Waals surface area (Å²) in [5.41, 5.74) is 1.32. The van der Waals surface area contributed by atoms with Crippen molar-refractivity contribution in [3.8, 4) is 0 Å². The molecule has 2 nitrogen and oxygen atoms in total. The Bertz CT molecular complexity index is 372. The standard InChI is InChI=1S/C15H25ClN2/c1-11(2)12-5-7-15(16)13(10-12)4-6-14-8-9-17-18(14)3/h8-9,11-13,15H,4-7,10H2,1-3H3. The Morgan fingerprint density at radius 1 is 1.44 bits per heavy atom. The summed E-state index contributed by atoms with van der Waals surface area (Å²) in [6.07, 6.45) is 8.01. The van der Waals surface area contributed by atoms with E-state index in [4.69, 9.17) is 11.6 Å². The van der Waals surface area contributed by atoms with E-state index >= 15 is 0 Å². The van der Waals surface area contributed by atoms with Crippen LogP contribution in [-0.2, 0) is 13.5 Å². The van der Waals surface area contributed by atoms with E-state index in [-0.39, 0.29) is 0 Å². The molecule has 1 aromatic rings. The predicted octanol–water partition coefficient (Wildman–Crippen LogP) is 4.03. The fraction of sp³-hybridized carbons (Fsp3) is 0.800. The third kappa shape index (κ3) is 3.28. The van der Waals surface area contributed by atoms with Gasteiger partial charge in [-0.15, -0.1) is 11.6 Å². The monoisotopic (exact) mass is 268 g/mol. The molecule has 3 unspecified atom stereocenters. The van der Waals surface area contributed by atoms with Gasteiger partial charge < -0.3 is 0 Å². The Labute approximate surface area is 116 Å². The van der Waals surface area contributed by atoms with Gasteiger partial charge in [-0.25, -0.2) is 0 Å². The lowest BCUT2D eigenvalue weighted by atomic mass is 9.74. The van der Waals surface area contributed by atoms with E-state index in [2.05, 4.69) is 25.0 Å². The Balaban J connectivity index is 1.89. The highest BCUT2D eigenvalue weighted by Crippen LogP contribution is 2.38. The molecule has 1 aromatic heterocycles. The summed E-state index contributed by atoms with van der Waals surface area (Å²) < 4.78 is 1.98. The van der Waals surface area contributed by atoms with Crippen LogP contribution in [0, 0.1) is 17.8 Å². The molecule has 18 heavy (non-hydrogen) atoms. The lowest BCUT2D eigenvalue weighted by molar-refractivity contribution is 0.210. The zero-order chi connectivity index (χ0) is 13.1. The highest BCUT2D eigenvalue weighted by Gasteiger charge is 2.30. The van der Waals surface area contributed by atoms with E-state index in [9.17, 15) is 0 Å². The second kappa shape index (κ2) is 6.10. The van der Waals surface area contributed by atoms with Crippen LogP contribution in [0.15, 0.2) is 12.3 Å². The molecule has 1 saturated carbocycles. The maximum absolute atomic E-state index is 6.51. The van der Waals surface area contributed by atoms with Gasteiger partial charge in [0.15, 0.2) is 0 Å². The second-order valence-corrected chi connectivity index (χ2v) is 6.64. The summed E-state index contributed by atoms with van der Waals surface area (Å²) in [6, 6.07) is 2.12. The smallest absolute Gasteiger partial charge is 0.0492 e. The molecule has 0 aromatic carbocycles. The van der Waals surface area contributed by atoms with Crippen molar-refractivity contribution >= 4 is 11.6 Å². The molecule has 1 aliphatic rings. The largest absolute Gasteiger partial charge is 0.273 e. The SMILES string of the molecule is CC(C)C1CCC(Cl)C(CCc2ccnn2C)C1. The van der Waals surface area contributed by atoms with E-state index in [0.29, 0.717) is 11.3 Å². The van der Waals surface area contributed by atoms with Crippen LogP contribution in [0.4, 0.5) is 0 Å². The van der Waals surface area contributed by atoms with Gasteiger partial charge in [0, 0.05) is 24.3 Å². The molecule has 0 radical (unpaired) electrons. The molecule has 1 fully saturated rings. The molecule has 0 saturated heterocycles. The first-order valence-electron chi connectivity index (χ1n) is 7.19. The number of aryl methyl sites for hydroxylation is 2. The van der Waals surface area contributed by atoms with Gasteiger partial charge >= 0.3 is 0 Å². The molecule has 2 rings (SSSR count). The fourth-order valence-corrected chi connectivity index (χ4v) is 3.50. The second-order valence-electron chi connectivity index (χ2n) is 6.08. The molecule has 102 valence electrons. The summed E-state index contributed by atoms with van der Waals surface area (Å²) in [7, 11) is 2.02.